The van der Waals surface area contributed by atoms with Gasteiger partial charge in [0.1, 0.15) is 0 Å². The standard InChI is InChI=1S/C10H16F4N2O/c1-7-6-15(2)4-3-5-16(7)9(17)10(13,14)8(11)12/h7-8H,3-6H2,1-2H3. The Hall–Kier alpha value is -0.850. The summed E-state index contributed by atoms with van der Waals surface area (Å²) in [4.78, 5) is 14.2. The van der Waals surface area contributed by atoms with Gasteiger partial charge in [0.25, 0.3) is 5.91 Å². The monoisotopic (exact) mass is 256 g/mol. The normalized spacial score (nSPS) is 23.9. The first-order chi connectivity index (χ1) is 7.76. The van der Waals surface area contributed by atoms with E-state index in [0.29, 0.717) is 19.5 Å². The van der Waals surface area contributed by atoms with Gasteiger partial charge in [-0.15, -0.1) is 0 Å². The van der Waals surface area contributed by atoms with Gasteiger partial charge in [0.2, 0.25) is 0 Å². The molecule has 0 aromatic heterocycles. The number of carbonyl (C=O) groups excluding carboxylic acids is 1. The Balaban J connectivity index is 2.80. The average molecular weight is 256 g/mol. The molecule has 1 aliphatic heterocycles. The van der Waals surface area contributed by atoms with Crippen molar-refractivity contribution in [2.75, 3.05) is 26.7 Å². The number of hydrogen-bond acceptors (Lipinski definition) is 2. The van der Waals surface area contributed by atoms with Crippen LogP contribution in [0.5, 0.6) is 0 Å². The van der Waals surface area contributed by atoms with Crippen molar-refractivity contribution in [2.24, 2.45) is 0 Å². The molecule has 1 fully saturated rings. The molecule has 7 heteroatoms. The van der Waals surface area contributed by atoms with Gasteiger partial charge in [-0.25, -0.2) is 8.78 Å². The van der Waals surface area contributed by atoms with Crippen LogP contribution >= 0.6 is 0 Å². The summed E-state index contributed by atoms with van der Waals surface area (Å²) in [6, 6.07) is -0.486. The van der Waals surface area contributed by atoms with E-state index in [2.05, 4.69) is 0 Å². The van der Waals surface area contributed by atoms with Crippen molar-refractivity contribution >= 4 is 5.91 Å². The molecule has 3 nitrogen and oxygen atoms in total. The highest BCUT2D eigenvalue weighted by Crippen LogP contribution is 2.27. The maximum atomic E-state index is 13.0. The molecule has 0 saturated carbocycles. The van der Waals surface area contributed by atoms with E-state index in [4.69, 9.17) is 0 Å². The second kappa shape index (κ2) is 5.20. The number of carbonyl (C=O) groups is 1. The molecule has 1 rings (SSSR count). The van der Waals surface area contributed by atoms with Gasteiger partial charge in [0.15, 0.2) is 0 Å². The molecule has 0 aromatic carbocycles. The molecular weight excluding hydrogens is 240 g/mol. The van der Waals surface area contributed by atoms with E-state index in [1.54, 1.807) is 14.0 Å². The van der Waals surface area contributed by atoms with Crippen molar-refractivity contribution < 1.29 is 22.4 Å². The zero-order valence-electron chi connectivity index (χ0n) is 9.80. The first kappa shape index (κ1) is 14.2. The fraction of sp³-hybridized carbons (Fsp3) is 0.900. The van der Waals surface area contributed by atoms with E-state index in [9.17, 15) is 22.4 Å². The Labute approximate surface area is 97.4 Å². The lowest BCUT2D eigenvalue weighted by Gasteiger charge is -2.30. The summed E-state index contributed by atoms with van der Waals surface area (Å²) in [7, 11) is 1.80. The maximum absolute atomic E-state index is 13.0. The Kier molecular flexibility index (Phi) is 4.35. The number of alkyl halides is 4. The minimum atomic E-state index is -4.59. The van der Waals surface area contributed by atoms with Gasteiger partial charge in [0, 0.05) is 19.1 Å². The van der Waals surface area contributed by atoms with Crippen LogP contribution in [0, 0.1) is 0 Å². The molecule has 1 aliphatic rings. The molecule has 0 aliphatic carbocycles. The molecule has 1 heterocycles. The van der Waals surface area contributed by atoms with Crippen molar-refractivity contribution in [3.63, 3.8) is 0 Å². The van der Waals surface area contributed by atoms with Crippen LogP contribution in [-0.4, -0.2) is 60.8 Å². The molecule has 1 unspecified atom stereocenters. The van der Waals surface area contributed by atoms with Crippen LogP contribution in [0.1, 0.15) is 13.3 Å². The van der Waals surface area contributed by atoms with E-state index >= 15 is 0 Å². The lowest BCUT2D eigenvalue weighted by atomic mass is 10.2. The van der Waals surface area contributed by atoms with Crippen LogP contribution in [0.4, 0.5) is 17.6 Å². The third-order valence-corrected chi connectivity index (χ3v) is 2.87. The topological polar surface area (TPSA) is 23.6 Å². The van der Waals surface area contributed by atoms with Crippen molar-refractivity contribution in [2.45, 2.75) is 31.7 Å². The van der Waals surface area contributed by atoms with Gasteiger partial charge < -0.3 is 9.80 Å². The third-order valence-electron chi connectivity index (χ3n) is 2.87. The zero-order chi connectivity index (χ0) is 13.2. The number of halogens is 4. The largest absolute Gasteiger partial charge is 0.383 e. The van der Waals surface area contributed by atoms with Crippen LogP contribution in [0.15, 0.2) is 0 Å². The Morgan fingerprint density at radius 1 is 1.35 bits per heavy atom. The number of nitrogens with zero attached hydrogens (tertiary/aromatic N) is 2. The van der Waals surface area contributed by atoms with E-state index in [0.717, 1.165) is 4.90 Å². The summed E-state index contributed by atoms with van der Waals surface area (Å²) in [5.41, 5.74) is 0. The van der Waals surface area contributed by atoms with Crippen molar-refractivity contribution in [3.05, 3.63) is 0 Å². The van der Waals surface area contributed by atoms with Gasteiger partial charge >= 0.3 is 12.3 Å². The minimum absolute atomic E-state index is 0.0899. The molecule has 100 valence electrons. The lowest BCUT2D eigenvalue weighted by molar-refractivity contribution is -0.182. The summed E-state index contributed by atoms with van der Waals surface area (Å²) in [6.45, 7) is 2.74. The highest BCUT2D eigenvalue weighted by molar-refractivity contribution is 5.84. The molecule has 1 saturated heterocycles. The summed E-state index contributed by atoms with van der Waals surface area (Å²) in [5.74, 6) is -6.35. The second-order valence-electron chi connectivity index (χ2n) is 4.39. The van der Waals surface area contributed by atoms with Crippen LogP contribution in [-0.2, 0) is 4.79 Å². The molecule has 0 spiro atoms. The van der Waals surface area contributed by atoms with Crippen molar-refractivity contribution in [1.29, 1.82) is 0 Å². The number of hydrogen-bond donors (Lipinski definition) is 0. The van der Waals surface area contributed by atoms with Gasteiger partial charge in [-0.05, 0) is 26.9 Å². The fourth-order valence-electron chi connectivity index (χ4n) is 1.96. The number of likely N-dealkylation sites (N-methyl/N-ethyl adjacent to an activating group) is 1. The molecular formula is C10H16F4N2O. The first-order valence-corrected chi connectivity index (χ1v) is 5.42. The van der Waals surface area contributed by atoms with Crippen LogP contribution < -0.4 is 0 Å². The third kappa shape index (κ3) is 3.08. The predicted octanol–water partition coefficient (Wildman–Crippen LogP) is 1.44. The second-order valence-corrected chi connectivity index (χ2v) is 4.39. The Morgan fingerprint density at radius 2 is 1.94 bits per heavy atom. The number of rotatable bonds is 2. The van der Waals surface area contributed by atoms with Gasteiger partial charge in [-0.1, -0.05) is 0 Å². The average Bonchev–Trinajstić information content (AvgIpc) is 2.37. The summed E-state index contributed by atoms with van der Waals surface area (Å²) >= 11 is 0. The van der Waals surface area contributed by atoms with Crippen LogP contribution in [0.2, 0.25) is 0 Å². The highest BCUT2D eigenvalue weighted by Gasteiger charge is 2.52. The Morgan fingerprint density at radius 3 is 2.47 bits per heavy atom. The van der Waals surface area contributed by atoms with Gasteiger partial charge in [0.05, 0.1) is 0 Å². The van der Waals surface area contributed by atoms with E-state index in [1.165, 1.54) is 0 Å². The van der Waals surface area contributed by atoms with Gasteiger partial charge in [-0.2, -0.15) is 8.78 Å². The summed E-state index contributed by atoms with van der Waals surface area (Å²) < 4.78 is 50.2. The number of amides is 1. The van der Waals surface area contributed by atoms with Crippen molar-refractivity contribution in [3.8, 4) is 0 Å². The quantitative estimate of drug-likeness (QED) is 0.698. The predicted molar refractivity (Wildman–Crippen MR) is 54.2 cm³/mol. The van der Waals surface area contributed by atoms with E-state index in [1.807, 2.05) is 4.90 Å². The van der Waals surface area contributed by atoms with Crippen LogP contribution in [0.25, 0.3) is 0 Å². The Bertz CT molecular complexity index is 285. The van der Waals surface area contributed by atoms with Gasteiger partial charge in [-0.3, -0.25) is 4.79 Å². The fourth-order valence-corrected chi connectivity index (χ4v) is 1.96. The lowest BCUT2D eigenvalue weighted by Crippen LogP contribution is -2.52. The molecule has 1 atom stereocenters. The summed E-state index contributed by atoms with van der Waals surface area (Å²) in [6.07, 6.45) is -3.45. The molecule has 0 radical (unpaired) electrons. The smallest absolute Gasteiger partial charge is 0.333 e. The highest BCUT2D eigenvalue weighted by atomic mass is 19.3. The molecule has 0 bridgehead atoms. The summed E-state index contributed by atoms with van der Waals surface area (Å²) in [5, 5.41) is 0. The zero-order valence-corrected chi connectivity index (χ0v) is 9.80. The first-order valence-electron chi connectivity index (χ1n) is 5.42. The molecule has 0 N–H and O–H groups in total. The van der Waals surface area contributed by atoms with Crippen LogP contribution in [0.3, 0.4) is 0 Å². The molecule has 0 aromatic rings. The van der Waals surface area contributed by atoms with E-state index < -0.39 is 24.3 Å². The minimum Gasteiger partial charge on any atom is -0.333 e. The maximum Gasteiger partial charge on any atom is 0.383 e. The van der Waals surface area contributed by atoms with E-state index in [-0.39, 0.29) is 6.54 Å². The van der Waals surface area contributed by atoms with Crippen molar-refractivity contribution in [1.82, 2.24) is 9.80 Å². The molecule has 17 heavy (non-hydrogen) atoms. The SMILES string of the molecule is CC1CN(C)CCCN1C(=O)C(F)(F)C(F)F. The molecule has 1 amide bonds.